The highest BCUT2D eigenvalue weighted by Crippen LogP contribution is 2.51. The molecule has 0 amide bonds. The van der Waals surface area contributed by atoms with E-state index in [0.29, 0.717) is 11.4 Å². The average molecular weight is 246 g/mol. The molecule has 2 heterocycles. The lowest BCUT2D eigenvalue weighted by molar-refractivity contribution is 0.573. The summed E-state index contributed by atoms with van der Waals surface area (Å²) in [6.45, 7) is 5.55. The molecule has 1 fully saturated rings. The maximum absolute atomic E-state index is 4.45. The van der Waals surface area contributed by atoms with Gasteiger partial charge in [0.1, 0.15) is 5.82 Å². The molecule has 6 nitrogen and oxygen atoms in total. The van der Waals surface area contributed by atoms with E-state index >= 15 is 0 Å². The molecule has 3 N–H and O–H groups in total. The predicted octanol–water partition coefficient (Wildman–Crippen LogP) is 1.85. The average Bonchev–Trinajstić information content (AvgIpc) is 2.78. The largest absolute Gasteiger partial charge is 0.369 e. The minimum atomic E-state index is 0.474. The molecule has 3 rings (SSSR count). The molecule has 1 unspecified atom stereocenters. The molecule has 0 saturated heterocycles. The van der Waals surface area contributed by atoms with Crippen LogP contribution in [-0.2, 0) is 0 Å². The van der Waals surface area contributed by atoms with E-state index in [9.17, 15) is 0 Å². The number of hydrogen-bond acceptors (Lipinski definition) is 5. The van der Waals surface area contributed by atoms with Crippen LogP contribution in [0.1, 0.15) is 20.3 Å². The first-order chi connectivity index (χ1) is 8.60. The van der Waals surface area contributed by atoms with Crippen LogP contribution in [0, 0.1) is 11.3 Å². The van der Waals surface area contributed by atoms with Crippen molar-refractivity contribution < 1.29 is 0 Å². The van der Waals surface area contributed by atoms with E-state index in [1.807, 2.05) is 7.05 Å². The second kappa shape index (κ2) is 3.83. The highest BCUT2D eigenvalue weighted by atomic mass is 15.2. The molecule has 2 aromatic rings. The Balaban J connectivity index is 1.83. The lowest BCUT2D eigenvalue weighted by Crippen LogP contribution is -2.10. The van der Waals surface area contributed by atoms with Gasteiger partial charge in [-0.3, -0.25) is 5.10 Å². The number of H-pyrrole nitrogens is 1. The summed E-state index contributed by atoms with van der Waals surface area (Å²) < 4.78 is 0. The molecule has 1 saturated carbocycles. The third-order valence-corrected chi connectivity index (χ3v) is 3.77. The first-order valence-electron chi connectivity index (χ1n) is 6.23. The van der Waals surface area contributed by atoms with Crippen LogP contribution in [0.25, 0.3) is 11.0 Å². The van der Waals surface area contributed by atoms with Gasteiger partial charge in [-0.2, -0.15) is 15.1 Å². The lowest BCUT2D eigenvalue weighted by atomic mass is 10.1. The number of aromatic amines is 1. The van der Waals surface area contributed by atoms with E-state index in [1.165, 1.54) is 6.42 Å². The molecule has 1 aliphatic carbocycles. The molecule has 1 aliphatic rings. The Hall–Kier alpha value is -1.85. The quantitative estimate of drug-likeness (QED) is 0.767. The van der Waals surface area contributed by atoms with Crippen molar-refractivity contribution in [2.75, 3.05) is 24.2 Å². The molecular formula is C12H18N6. The maximum Gasteiger partial charge on any atom is 0.226 e. The van der Waals surface area contributed by atoms with Crippen molar-refractivity contribution in [1.82, 2.24) is 20.2 Å². The molecule has 6 heteroatoms. The van der Waals surface area contributed by atoms with Crippen LogP contribution < -0.4 is 10.6 Å². The van der Waals surface area contributed by atoms with Crippen molar-refractivity contribution in [1.29, 1.82) is 0 Å². The van der Waals surface area contributed by atoms with Crippen molar-refractivity contribution >= 4 is 22.8 Å². The number of aromatic nitrogens is 4. The summed E-state index contributed by atoms with van der Waals surface area (Å²) in [5.74, 6) is 2.18. The zero-order chi connectivity index (χ0) is 12.8. The van der Waals surface area contributed by atoms with Crippen molar-refractivity contribution in [3.63, 3.8) is 0 Å². The molecule has 96 valence electrons. The van der Waals surface area contributed by atoms with E-state index in [4.69, 9.17) is 0 Å². The monoisotopic (exact) mass is 246 g/mol. The number of rotatable bonds is 4. The van der Waals surface area contributed by atoms with E-state index in [0.717, 1.165) is 29.3 Å². The minimum Gasteiger partial charge on any atom is -0.369 e. The van der Waals surface area contributed by atoms with E-state index in [-0.39, 0.29) is 0 Å². The number of anilines is 2. The molecule has 0 aromatic carbocycles. The summed E-state index contributed by atoms with van der Waals surface area (Å²) >= 11 is 0. The van der Waals surface area contributed by atoms with Gasteiger partial charge in [0.25, 0.3) is 0 Å². The number of fused-ring (bicyclic) bond motifs is 1. The normalized spacial score (nSPS) is 20.9. The summed E-state index contributed by atoms with van der Waals surface area (Å²) in [5.41, 5.74) is 1.23. The van der Waals surface area contributed by atoms with Crippen LogP contribution >= 0.6 is 0 Å². The fourth-order valence-electron chi connectivity index (χ4n) is 2.23. The Labute approximate surface area is 106 Å². The molecule has 0 bridgehead atoms. The van der Waals surface area contributed by atoms with Gasteiger partial charge in [0, 0.05) is 13.6 Å². The number of hydrogen-bond donors (Lipinski definition) is 3. The fraction of sp³-hybridized carbons (Fsp3) is 0.583. The molecule has 0 spiro atoms. The Morgan fingerprint density at radius 2 is 2.22 bits per heavy atom. The zero-order valence-electron chi connectivity index (χ0n) is 10.9. The summed E-state index contributed by atoms with van der Waals surface area (Å²) in [5, 5.41) is 14.2. The van der Waals surface area contributed by atoms with Crippen LogP contribution in [0.2, 0.25) is 0 Å². The Morgan fingerprint density at radius 3 is 2.89 bits per heavy atom. The summed E-state index contributed by atoms with van der Waals surface area (Å²) in [6, 6.07) is 0. The molecule has 0 aliphatic heterocycles. The van der Waals surface area contributed by atoms with Gasteiger partial charge < -0.3 is 10.6 Å². The Kier molecular flexibility index (Phi) is 2.39. The molecule has 0 radical (unpaired) electrons. The molecule has 18 heavy (non-hydrogen) atoms. The third-order valence-electron chi connectivity index (χ3n) is 3.77. The zero-order valence-corrected chi connectivity index (χ0v) is 10.9. The van der Waals surface area contributed by atoms with Crippen molar-refractivity contribution in [3.8, 4) is 0 Å². The van der Waals surface area contributed by atoms with Gasteiger partial charge in [0.2, 0.25) is 5.95 Å². The molecular weight excluding hydrogens is 228 g/mol. The second-order valence-corrected chi connectivity index (χ2v) is 5.55. The Bertz CT molecular complexity index is 573. The fourth-order valence-corrected chi connectivity index (χ4v) is 2.23. The molecule has 2 aromatic heterocycles. The van der Waals surface area contributed by atoms with Gasteiger partial charge in [-0.05, 0) is 17.8 Å². The van der Waals surface area contributed by atoms with Gasteiger partial charge in [0.15, 0.2) is 5.65 Å². The third kappa shape index (κ3) is 1.87. The van der Waals surface area contributed by atoms with E-state index < -0.39 is 0 Å². The van der Waals surface area contributed by atoms with Crippen LogP contribution in [0.15, 0.2) is 6.20 Å². The van der Waals surface area contributed by atoms with Gasteiger partial charge in [-0.25, -0.2) is 0 Å². The minimum absolute atomic E-state index is 0.474. The molecule has 1 atom stereocenters. The first kappa shape index (κ1) is 11.3. The van der Waals surface area contributed by atoms with Crippen molar-refractivity contribution in [3.05, 3.63) is 6.20 Å². The summed E-state index contributed by atoms with van der Waals surface area (Å²) in [6.07, 6.45) is 3.04. The van der Waals surface area contributed by atoms with Gasteiger partial charge >= 0.3 is 0 Å². The van der Waals surface area contributed by atoms with E-state index in [1.54, 1.807) is 6.20 Å². The predicted molar refractivity (Wildman–Crippen MR) is 71.6 cm³/mol. The summed E-state index contributed by atoms with van der Waals surface area (Å²) in [7, 11) is 1.81. The van der Waals surface area contributed by atoms with Crippen LogP contribution in [0.4, 0.5) is 11.8 Å². The SMILES string of the molecule is CNc1nc(NCC2CC2(C)C)c2cn[nH]c2n1. The van der Waals surface area contributed by atoms with Crippen molar-refractivity contribution in [2.45, 2.75) is 20.3 Å². The Morgan fingerprint density at radius 1 is 1.44 bits per heavy atom. The number of nitrogens with one attached hydrogen (secondary N) is 3. The van der Waals surface area contributed by atoms with Gasteiger partial charge in [0.05, 0.1) is 11.6 Å². The van der Waals surface area contributed by atoms with Crippen LogP contribution in [0.3, 0.4) is 0 Å². The van der Waals surface area contributed by atoms with Crippen LogP contribution in [-0.4, -0.2) is 33.8 Å². The van der Waals surface area contributed by atoms with Crippen molar-refractivity contribution in [2.24, 2.45) is 11.3 Å². The van der Waals surface area contributed by atoms with Gasteiger partial charge in [-0.15, -0.1) is 0 Å². The maximum atomic E-state index is 4.45. The topological polar surface area (TPSA) is 78.5 Å². The highest BCUT2D eigenvalue weighted by molar-refractivity contribution is 5.86. The smallest absolute Gasteiger partial charge is 0.226 e. The van der Waals surface area contributed by atoms with Crippen LogP contribution in [0.5, 0.6) is 0 Å². The first-order valence-corrected chi connectivity index (χ1v) is 6.23. The number of nitrogens with zero attached hydrogens (tertiary/aromatic N) is 3. The standard InChI is InChI=1S/C12H18N6/c1-12(2)4-7(12)5-14-9-8-6-15-18-10(8)17-11(13-3)16-9/h6-7H,4-5H2,1-3H3,(H3,13,14,15,16,17,18). The van der Waals surface area contributed by atoms with Gasteiger partial charge in [-0.1, -0.05) is 13.8 Å². The van der Waals surface area contributed by atoms with E-state index in [2.05, 4.69) is 44.6 Å². The summed E-state index contributed by atoms with van der Waals surface area (Å²) in [4.78, 5) is 8.75. The second-order valence-electron chi connectivity index (χ2n) is 5.55. The lowest BCUT2D eigenvalue weighted by Gasteiger charge is -2.09. The highest BCUT2D eigenvalue weighted by Gasteiger charge is 2.45.